The van der Waals surface area contributed by atoms with Gasteiger partial charge in [-0.2, -0.15) is 4.99 Å². The van der Waals surface area contributed by atoms with E-state index in [2.05, 4.69) is 9.98 Å². The lowest BCUT2D eigenvalue weighted by Gasteiger charge is -2.20. The molecule has 23 heavy (non-hydrogen) atoms. The van der Waals surface area contributed by atoms with Gasteiger partial charge in [-0.05, 0) is 18.2 Å². The number of para-hydroxylation sites is 1. The molecule has 1 spiro atoms. The Hall–Kier alpha value is -2.89. The molecule has 2 aliphatic heterocycles. The number of ether oxygens (including phenoxy) is 1. The van der Waals surface area contributed by atoms with E-state index in [-0.39, 0.29) is 18.5 Å². The normalized spacial score (nSPS) is 23.2. The fourth-order valence-electron chi connectivity index (χ4n) is 3.04. The third-order valence-corrected chi connectivity index (χ3v) is 4.29. The molecule has 6 heteroatoms. The van der Waals surface area contributed by atoms with Crippen molar-refractivity contribution in [3.63, 3.8) is 0 Å². The lowest BCUT2D eigenvalue weighted by atomic mass is 9.96. The summed E-state index contributed by atoms with van der Waals surface area (Å²) in [5, 5.41) is 0. The number of hydrogen-bond donors (Lipinski definition) is 0. The Morgan fingerprint density at radius 1 is 1.17 bits per heavy atom. The van der Waals surface area contributed by atoms with Crippen molar-refractivity contribution in [3.8, 4) is 0 Å². The molecule has 2 aliphatic rings. The number of fused-ring (bicyclic) bond motifs is 2. The number of pyridine rings is 1. The number of aliphatic imine (C=N–C) groups is 1. The SMILES string of the molecule is CN1C(=O)C2(CN=C(/N=c3/ccccn3C)O2)c2ccccc21. The van der Waals surface area contributed by atoms with Crippen LogP contribution in [0, 0.1) is 0 Å². The number of anilines is 1. The number of rotatable bonds is 0. The summed E-state index contributed by atoms with van der Waals surface area (Å²) in [5.41, 5.74) is 1.35. The molecule has 1 amide bonds. The highest BCUT2D eigenvalue weighted by Gasteiger charge is 2.55. The van der Waals surface area contributed by atoms with Crippen molar-refractivity contribution in [2.24, 2.45) is 17.0 Å². The second kappa shape index (κ2) is 4.81. The molecule has 116 valence electrons. The van der Waals surface area contributed by atoms with Crippen molar-refractivity contribution >= 4 is 17.6 Å². The molecule has 3 heterocycles. The number of likely N-dealkylation sites (N-methyl/N-ethyl adjacent to an activating group) is 1. The van der Waals surface area contributed by atoms with Gasteiger partial charge in [0, 0.05) is 25.9 Å². The second-order valence-corrected chi connectivity index (χ2v) is 5.69. The first-order valence-electron chi connectivity index (χ1n) is 7.39. The van der Waals surface area contributed by atoms with Crippen molar-refractivity contribution < 1.29 is 9.53 Å². The number of aromatic nitrogens is 1. The zero-order valence-electron chi connectivity index (χ0n) is 12.9. The minimum absolute atomic E-state index is 0.106. The van der Waals surface area contributed by atoms with Gasteiger partial charge in [0.1, 0.15) is 5.49 Å². The van der Waals surface area contributed by atoms with Gasteiger partial charge >= 0.3 is 6.02 Å². The Labute approximate surface area is 133 Å². The van der Waals surface area contributed by atoms with Crippen molar-refractivity contribution in [1.82, 2.24) is 4.57 Å². The van der Waals surface area contributed by atoms with Crippen LogP contribution in [0.4, 0.5) is 5.69 Å². The van der Waals surface area contributed by atoms with Crippen LogP contribution in [0.15, 0.2) is 58.6 Å². The monoisotopic (exact) mass is 308 g/mol. The predicted molar refractivity (Wildman–Crippen MR) is 85.9 cm³/mol. The summed E-state index contributed by atoms with van der Waals surface area (Å²) in [6.07, 6.45) is 1.90. The number of aryl methyl sites for hydroxylation is 1. The summed E-state index contributed by atoms with van der Waals surface area (Å²) in [4.78, 5) is 23.1. The number of amides is 1. The first kappa shape index (κ1) is 13.8. The van der Waals surface area contributed by atoms with Crippen molar-refractivity contribution in [3.05, 3.63) is 59.7 Å². The molecule has 0 fully saturated rings. The molecule has 0 saturated carbocycles. The smallest absolute Gasteiger partial charge is 0.315 e. The maximum Gasteiger partial charge on any atom is 0.315 e. The number of hydrogen-bond acceptors (Lipinski definition) is 4. The lowest BCUT2D eigenvalue weighted by Crippen LogP contribution is -2.41. The van der Waals surface area contributed by atoms with E-state index in [1.165, 1.54) is 0 Å². The van der Waals surface area contributed by atoms with E-state index in [1.54, 1.807) is 11.9 Å². The van der Waals surface area contributed by atoms with Gasteiger partial charge in [0.05, 0.1) is 12.2 Å². The van der Waals surface area contributed by atoms with Crippen LogP contribution in [-0.4, -0.2) is 30.1 Å². The highest BCUT2D eigenvalue weighted by atomic mass is 16.5. The van der Waals surface area contributed by atoms with Crippen LogP contribution in [0.2, 0.25) is 0 Å². The number of amidine groups is 1. The molecule has 0 saturated heterocycles. The molecule has 0 radical (unpaired) electrons. The lowest BCUT2D eigenvalue weighted by molar-refractivity contribution is -0.131. The van der Waals surface area contributed by atoms with Crippen molar-refractivity contribution in [1.29, 1.82) is 0 Å². The van der Waals surface area contributed by atoms with Crippen LogP contribution in [0.3, 0.4) is 0 Å². The van der Waals surface area contributed by atoms with E-state index in [4.69, 9.17) is 4.74 Å². The average Bonchev–Trinajstić information content (AvgIpc) is 3.08. The largest absolute Gasteiger partial charge is 0.440 e. The minimum Gasteiger partial charge on any atom is -0.440 e. The van der Waals surface area contributed by atoms with Crippen molar-refractivity contribution in [2.45, 2.75) is 5.60 Å². The molecule has 1 unspecified atom stereocenters. The molecule has 1 atom stereocenters. The summed E-state index contributed by atoms with van der Waals surface area (Å²) in [6.45, 7) is 0.253. The molecule has 1 aromatic carbocycles. The number of carbonyl (C=O) groups excluding carboxylic acids is 1. The number of carbonyl (C=O) groups is 1. The summed E-state index contributed by atoms with van der Waals surface area (Å²) < 4.78 is 7.83. The first-order chi connectivity index (χ1) is 11.1. The third-order valence-electron chi connectivity index (χ3n) is 4.29. The maximum atomic E-state index is 12.7. The van der Waals surface area contributed by atoms with Gasteiger partial charge < -0.3 is 14.2 Å². The van der Waals surface area contributed by atoms with Gasteiger partial charge in [-0.1, -0.05) is 24.3 Å². The Bertz CT molecular complexity index is 899. The Kier molecular flexibility index (Phi) is 2.87. The fourth-order valence-corrected chi connectivity index (χ4v) is 3.04. The standard InChI is InChI=1S/C17H16N4O2/c1-20-10-6-5-9-14(20)19-16-18-11-17(23-16)12-7-3-4-8-13(12)21(2)15(17)22/h3-10H,11H2,1-2H3/b19-14-. The Morgan fingerprint density at radius 2 is 1.96 bits per heavy atom. The molecular formula is C17H16N4O2. The summed E-state index contributed by atoms with van der Waals surface area (Å²) >= 11 is 0. The van der Waals surface area contributed by atoms with E-state index in [0.29, 0.717) is 0 Å². The molecular weight excluding hydrogens is 292 g/mol. The molecule has 4 rings (SSSR count). The summed E-state index contributed by atoms with van der Waals surface area (Å²) in [5.74, 6) is -0.106. The maximum absolute atomic E-state index is 12.7. The highest BCUT2D eigenvalue weighted by Crippen LogP contribution is 2.44. The predicted octanol–water partition coefficient (Wildman–Crippen LogP) is 1.18. The number of nitrogens with zero attached hydrogens (tertiary/aromatic N) is 4. The summed E-state index contributed by atoms with van der Waals surface area (Å²) in [7, 11) is 3.65. The van der Waals surface area contributed by atoms with E-state index < -0.39 is 5.60 Å². The molecule has 1 aromatic heterocycles. The van der Waals surface area contributed by atoms with Crippen molar-refractivity contribution in [2.75, 3.05) is 18.5 Å². The van der Waals surface area contributed by atoms with E-state index in [1.807, 2.05) is 60.3 Å². The number of benzene rings is 1. The van der Waals surface area contributed by atoms with Gasteiger partial charge in [0.15, 0.2) is 0 Å². The van der Waals surface area contributed by atoms with Gasteiger partial charge in [0.25, 0.3) is 5.91 Å². The quantitative estimate of drug-likeness (QED) is 0.734. The van der Waals surface area contributed by atoms with Crippen LogP contribution in [0.1, 0.15) is 5.56 Å². The van der Waals surface area contributed by atoms with Crippen LogP contribution in [0.25, 0.3) is 0 Å². The average molecular weight is 308 g/mol. The van der Waals surface area contributed by atoms with Crippen LogP contribution < -0.4 is 10.4 Å². The fraction of sp³-hybridized carbons (Fsp3) is 0.235. The van der Waals surface area contributed by atoms with Gasteiger partial charge in [-0.25, -0.2) is 4.99 Å². The van der Waals surface area contributed by atoms with Gasteiger partial charge in [0.2, 0.25) is 5.60 Å². The van der Waals surface area contributed by atoms with Crippen LogP contribution in [-0.2, 0) is 22.2 Å². The van der Waals surface area contributed by atoms with Gasteiger partial charge in [-0.15, -0.1) is 0 Å². The molecule has 0 aliphatic carbocycles. The summed E-state index contributed by atoms with van der Waals surface area (Å²) in [6, 6.07) is 13.6. The zero-order chi connectivity index (χ0) is 16.0. The molecule has 0 bridgehead atoms. The van der Waals surface area contributed by atoms with E-state index in [9.17, 15) is 4.79 Å². The third kappa shape index (κ3) is 1.91. The highest BCUT2D eigenvalue weighted by molar-refractivity contribution is 6.08. The van der Waals surface area contributed by atoms with Crippen LogP contribution >= 0.6 is 0 Å². The van der Waals surface area contributed by atoms with Crippen LogP contribution in [0.5, 0.6) is 0 Å². The second-order valence-electron chi connectivity index (χ2n) is 5.69. The Balaban J connectivity index is 1.74. The van der Waals surface area contributed by atoms with Gasteiger partial charge in [-0.3, -0.25) is 4.79 Å². The Morgan fingerprint density at radius 3 is 2.78 bits per heavy atom. The molecule has 6 nitrogen and oxygen atoms in total. The molecule has 2 aromatic rings. The molecule has 0 N–H and O–H groups in total. The van der Waals surface area contributed by atoms with E-state index >= 15 is 0 Å². The minimum atomic E-state index is -1.07. The zero-order valence-corrected chi connectivity index (χ0v) is 12.9. The van der Waals surface area contributed by atoms with E-state index in [0.717, 1.165) is 16.7 Å². The topological polar surface area (TPSA) is 59.2 Å². The first-order valence-corrected chi connectivity index (χ1v) is 7.39.